The van der Waals surface area contributed by atoms with Crippen LogP contribution in [0.4, 0.5) is 10.7 Å². The first-order valence-electron chi connectivity index (χ1n) is 9.02. The van der Waals surface area contributed by atoms with E-state index < -0.39 is 5.54 Å². The molecule has 0 bridgehead atoms. The number of hydrogen-bond acceptors (Lipinski definition) is 6. The van der Waals surface area contributed by atoms with Crippen molar-refractivity contribution in [3.63, 3.8) is 0 Å². The van der Waals surface area contributed by atoms with E-state index in [0.29, 0.717) is 37.8 Å². The van der Waals surface area contributed by atoms with E-state index in [1.54, 1.807) is 12.5 Å². The number of anilines is 1. The van der Waals surface area contributed by atoms with Gasteiger partial charge in [-0.15, -0.1) is 0 Å². The van der Waals surface area contributed by atoms with Gasteiger partial charge in [-0.05, 0) is 5.56 Å². The second kappa shape index (κ2) is 5.94. The summed E-state index contributed by atoms with van der Waals surface area (Å²) in [6.07, 6.45) is 4.05. The van der Waals surface area contributed by atoms with Crippen LogP contribution in [0.5, 0.6) is 0 Å². The summed E-state index contributed by atoms with van der Waals surface area (Å²) >= 11 is 0. The lowest BCUT2D eigenvalue weighted by Crippen LogP contribution is -2.62. The predicted octanol–water partition coefficient (Wildman–Crippen LogP) is 1.62. The topological polar surface area (TPSA) is 76.4 Å². The maximum absolute atomic E-state index is 12.3. The summed E-state index contributed by atoms with van der Waals surface area (Å²) in [6, 6.07) is 10.2. The number of aromatic nitrogens is 4. The minimum Gasteiger partial charge on any atom is -0.447 e. The van der Waals surface area contributed by atoms with Crippen LogP contribution in [-0.4, -0.2) is 62.3 Å². The monoisotopic (exact) mass is 364 g/mol. The van der Waals surface area contributed by atoms with Crippen molar-refractivity contribution in [2.24, 2.45) is 7.05 Å². The molecule has 2 aliphatic rings. The molecule has 0 radical (unpaired) electrons. The first kappa shape index (κ1) is 16.0. The van der Waals surface area contributed by atoms with Crippen molar-refractivity contribution in [3.05, 3.63) is 48.4 Å². The second-order valence-electron chi connectivity index (χ2n) is 7.25. The molecular weight excluding hydrogens is 344 g/mol. The standard InChI is InChI=1S/C19H20N6O2/c1-23-13-21-16-15(23)10-20-17(22-16)24-7-8-25-18(26)27-12-19(25,11-24)9-14-5-3-2-4-6-14/h2-6,10,13H,7-9,11-12H2,1H3. The van der Waals surface area contributed by atoms with Gasteiger partial charge < -0.3 is 14.2 Å². The van der Waals surface area contributed by atoms with Crippen LogP contribution in [0.25, 0.3) is 11.2 Å². The van der Waals surface area contributed by atoms with E-state index in [-0.39, 0.29) is 6.09 Å². The van der Waals surface area contributed by atoms with E-state index in [9.17, 15) is 4.79 Å². The van der Waals surface area contributed by atoms with E-state index in [1.807, 2.05) is 34.7 Å². The van der Waals surface area contributed by atoms with Gasteiger partial charge in [0.1, 0.15) is 17.7 Å². The average Bonchev–Trinajstić information content (AvgIpc) is 3.22. The first-order valence-corrected chi connectivity index (χ1v) is 9.02. The maximum Gasteiger partial charge on any atom is 0.410 e. The van der Waals surface area contributed by atoms with Crippen LogP contribution < -0.4 is 4.90 Å². The highest BCUT2D eigenvalue weighted by molar-refractivity contribution is 5.73. The zero-order chi connectivity index (χ0) is 18.4. The number of fused-ring (bicyclic) bond motifs is 2. The third-order valence-electron chi connectivity index (χ3n) is 5.47. The van der Waals surface area contributed by atoms with Crippen LogP contribution in [-0.2, 0) is 18.2 Å². The number of amides is 1. The highest BCUT2D eigenvalue weighted by atomic mass is 16.6. The van der Waals surface area contributed by atoms with Crippen LogP contribution in [0, 0.1) is 0 Å². The van der Waals surface area contributed by atoms with Crippen LogP contribution in [0.2, 0.25) is 0 Å². The summed E-state index contributed by atoms with van der Waals surface area (Å²) in [4.78, 5) is 29.8. The fourth-order valence-corrected chi connectivity index (χ4v) is 4.07. The average molecular weight is 364 g/mol. The normalized spacial score (nSPS) is 22.2. The lowest BCUT2D eigenvalue weighted by Gasteiger charge is -2.44. The number of carbonyl (C=O) groups excluding carboxylic acids is 1. The molecule has 1 unspecified atom stereocenters. The molecular formula is C19H20N6O2. The molecule has 5 rings (SSSR count). The lowest BCUT2D eigenvalue weighted by molar-refractivity contribution is 0.139. The minimum absolute atomic E-state index is 0.230. The number of piperazine rings is 1. The molecule has 138 valence electrons. The van der Waals surface area contributed by atoms with Gasteiger partial charge in [0.2, 0.25) is 5.95 Å². The van der Waals surface area contributed by atoms with Gasteiger partial charge in [-0.2, -0.15) is 4.98 Å². The Bertz CT molecular complexity index is 1000. The van der Waals surface area contributed by atoms with Crippen LogP contribution in [0.1, 0.15) is 5.56 Å². The summed E-state index contributed by atoms with van der Waals surface area (Å²) in [5.74, 6) is 0.646. The zero-order valence-corrected chi connectivity index (χ0v) is 15.1. The van der Waals surface area contributed by atoms with Crippen molar-refractivity contribution >= 4 is 23.2 Å². The van der Waals surface area contributed by atoms with Gasteiger partial charge in [0, 0.05) is 33.1 Å². The van der Waals surface area contributed by atoms with Crippen molar-refractivity contribution in [3.8, 4) is 0 Å². The van der Waals surface area contributed by atoms with Gasteiger partial charge in [-0.1, -0.05) is 30.3 Å². The predicted molar refractivity (Wildman–Crippen MR) is 99.4 cm³/mol. The second-order valence-corrected chi connectivity index (χ2v) is 7.25. The van der Waals surface area contributed by atoms with Crippen molar-refractivity contribution in [1.29, 1.82) is 0 Å². The number of nitrogens with zero attached hydrogens (tertiary/aromatic N) is 6. The number of rotatable bonds is 3. The quantitative estimate of drug-likeness (QED) is 0.703. The number of cyclic esters (lactones) is 1. The zero-order valence-electron chi connectivity index (χ0n) is 15.1. The van der Waals surface area contributed by atoms with E-state index in [0.717, 1.165) is 11.9 Å². The molecule has 0 saturated carbocycles. The van der Waals surface area contributed by atoms with Gasteiger partial charge >= 0.3 is 6.09 Å². The molecule has 8 heteroatoms. The van der Waals surface area contributed by atoms with Gasteiger partial charge in [-0.3, -0.25) is 4.90 Å². The lowest BCUT2D eigenvalue weighted by atomic mass is 9.88. The molecule has 2 fully saturated rings. The van der Waals surface area contributed by atoms with E-state index in [2.05, 4.69) is 32.0 Å². The first-order chi connectivity index (χ1) is 13.1. The maximum atomic E-state index is 12.3. The highest BCUT2D eigenvalue weighted by Crippen LogP contribution is 2.33. The van der Waals surface area contributed by atoms with Crippen LogP contribution >= 0.6 is 0 Å². The fraction of sp³-hybridized carbons (Fsp3) is 0.368. The van der Waals surface area contributed by atoms with E-state index in [4.69, 9.17) is 4.74 Å². The van der Waals surface area contributed by atoms with Crippen molar-refractivity contribution in [2.75, 3.05) is 31.1 Å². The Labute approximate surface area is 156 Å². The van der Waals surface area contributed by atoms with Crippen molar-refractivity contribution < 1.29 is 9.53 Å². The Hall–Kier alpha value is -3.16. The molecule has 2 aromatic heterocycles. The van der Waals surface area contributed by atoms with Gasteiger partial charge in [0.05, 0.1) is 12.5 Å². The number of hydrogen-bond donors (Lipinski definition) is 0. The Morgan fingerprint density at radius 1 is 1.19 bits per heavy atom. The van der Waals surface area contributed by atoms with Gasteiger partial charge in [0.25, 0.3) is 0 Å². The number of imidazole rings is 1. The van der Waals surface area contributed by atoms with E-state index >= 15 is 0 Å². The third-order valence-corrected chi connectivity index (χ3v) is 5.47. The Balaban J connectivity index is 1.48. The third kappa shape index (κ3) is 2.59. The molecule has 3 aromatic rings. The molecule has 0 spiro atoms. The molecule has 27 heavy (non-hydrogen) atoms. The fourth-order valence-electron chi connectivity index (χ4n) is 4.07. The summed E-state index contributed by atoms with van der Waals surface area (Å²) < 4.78 is 7.34. The highest BCUT2D eigenvalue weighted by Gasteiger charge is 2.51. The number of carbonyl (C=O) groups is 1. The molecule has 0 N–H and O–H groups in total. The molecule has 1 amide bonds. The summed E-state index contributed by atoms with van der Waals surface area (Å²) in [6.45, 7) is 2.27. The summed E-state index contributed by atoms with van der Waals surface area (Å²) in [7, 11) is 1.92. The van der Waals surface area contributed by atoms with Crippen LogP contribution in [0.3, 0.4) is 0 Å². The summed E-state index contributed by atoms with van der Waals surface area (Å²) in [5.41, 5.74) is 2.36. The SMILES string of the molecule is Cn1cnc2nc(N3CCN4C(=O)OCC4(Cc4ccccc4)C3)ncc21. The van der Waals surface area contributed by atoms with Gasteiger partial charge in [-0.25, -0.2) is 14.8 Å². The Morgan fingerprint density at radius 2 is 2.04 bits per heavy atom. The number of ether oxygens (including phenoxy) is 1. The Kier molecular flexibility index (Phi) is 3.53. The molecule has 2 aliphatic heterocycles. The Morgan fingerprint density at radius 3 is 2.89 bits per heavy atom. The molecule has 0 aliphatic carbocycles. The number of aryl methyl sites for hydroxylation is 1. The van der Waals surface area contributed by atoms with Gasteiger partial charge in [0.15, 0.2) is 5.65 Å². The summed E-state index contributed by atoms with van der Waals surface area (Å²) in [5, 5.41) is 0. The van der Waals surface area contributed by atoms with Crippen LogP contribution in [0.15, 0.2) is 42.9 Å². The molecule has 4 heterocycles. The van der Waals surface area contributed by atoms with Crippen molar-refractivity contribution in [1.82, 2.24) is 24.4 Å². The minimum atomic E-state index is -0.404. The molecule has 2 saturated heterocycles. The van der Waals surface area contributed by atoms with Crippen molar-refractivity contribution in [2.45, 2.75) is 12.0 Å². The molecule has 8 nitrogen and oxygen atoms in total. The number of benzene rings is 1. The van der Waals surface area contributed by atoms with E-state index in [1.165, 1.54) is 5.56 Å². The smallest absolute Gasteiger partial charge is 0.410 e. The largest absolute Gasteiger partial charge is 0.447 e. The molecule has 1 aromatic carbocycles. The molecule has 1 atom stereocenters.